The fraction of sp³-hybridized carbons (Fsp3) is 0.238. The minimum Gasteiger partial charge on any atom is -0.349 e. The summed E-state index contributed by atoms with van der Waals surface area (Å²) in [7, 11) is 0. The largest absolute Gasteiger partial charge is 0.349 e. The fourth-order valence-corrected chi connectivity index (χ4v) is 2.73. The van der Waals surface area contributed by atoms with Crippen LogP contribution in [0.15, 0.2) is 59.5 Å². The highest BCUT2D eigenvalue weighted by atomic mass is 19.1. The molecule has 0 spiro atoms. The Kier molecular flexibility index (Phi) is 5.93. The van der Waals surface area contributed by atoms with Gasteiger partial charge in [-0.15, -0.1) is 0 Å². The Morgan fingerprint density at radius 2 is 1.93 bits per heavy atom. The molecule has 2 N–H and O–H groups in total. The highest BCUT2D eigenvalue weighted by molar-refractivity contribution is 5.78. The van der Waals surface area contributed by atoms with Crippen molar-refractivity contribution in [2.45, 2.75) is 26.3 Å². The molecule has 0 aliphatic carbocycles. The van der Waals surface area contributed by atoms with Gasteiger partial charge in [-0.25, -0.2) is 9.37 Å². The first-order valence-corrected chi connectivity index (χ1v) is 9.00. The van der Waals surface area contributed by atoms with E-state index in [1.807, 2.05) is 0 Å². The van der Waals surface area contributed by atoms with Gasteiger partial charge in [0.2, 0.25) is 5.91 Å². The third-order valence-corrected chi connectivity index (χ3v) is 4.23. The Balaban J connectivity index is 1.94. The number of H-pyrrole nitrogens is 1. The van der Waals surface area contributed by atoms with Gasteiger partial charge in [0, 0.05) is 24.6 Å². The lowest BCUT2D eigenvalue weighted by atomic mass is 10.0. The first kappa shape index (κ1) is 19.4. The van der Waals surface area contributed by atoms with Crippen molar-refractivity contribution >= 4 is 5.91 Å². The minimum absolute atomic E-state index is 0.135. The summed E-state index contributed by atoms with van der Waals surface area (Å²) in [5.41, 5.74) is 1.48. The normalized spacial score (nSPS) is 12.0. The van der Waals surface area contributed by atoms with Crippen molar-refractivity contribution in [2.24, 2.45) is 5.92 Å². The number of aromatic amines is 1. The molecule has 0 saturated carbocycles. The summed E-state index contributed by atoms with van der Waals surface area (Å²) < 4.78 is 13.3. The number of nitrogens with one attached hydrogen (secondary N) is 2. The van der Waals surface area contributed by atoms with E-state index in [1.165, 1.54) is 18.2 Å². The van der Waals surface area contributed by atoms with Crippen LogP contribution >= 0.6 is 0 Å². The number of benzene rings is 1. The number of nitrogens with zero attached hydrogens (tertiary/aromatic N) is 2. The Morgan fingerprint density at radius 3 is 2.57 bits per heavy atom. The quantitative estimate of drug-likeness (QED) is 0.688. The number of rotatable bonds is 6. The van der Waals surface area contributed by atoms with E-state index < -0.39 is 6.04 Å². The van der Waals surface area contributed by atoms with Crippen LogP contribution in [-0.2, 0) is 11.2 Å². The first-order valence-electron chi connectivity index (χ1n) is 9.00. The zero-order chi connectivity index (χ0) is 20.1. The molecule has 1 unspecified atom stereocenters. The SMILES string of the molecule is CC(C)C(=O)NC(Cc1cc(=O)[nH]c(-c2ccccn2)n1)c1ccc(F)cc1. The maximum absolute atomic E-state index is 13.3. The molecule has 144 valence electrons. The second-order valence-corrected chi connectivity index (χ2v) is 6.77. The highest BCUT2D eigenvalue weighted by Crippen LogP contribution is 2.19. The second kappa shape index (κ2) is 8.56. The minimum atomic E-state index is -0.443. The Bertz CT molecular complexity index is 1000. The lowest BCUT2D eigenvalue weighted by molar-refractivity contribution is -0.124. The maximum Gasteiger partial charge on any atom is 0.251 e. The fourth-order valence-electron chi connectivity index (χ4n) is 2.73. The molecule has 0 radical (unpaired) electrons. The number of hydrogen-bond acceptors (Lipinski definition) is 4. The van der Waals surface area contributed by atoms with Gasteiger partial charge in [0.25, 0.3) is 5.56 Å². The number of pyridine rings is 1. The van der Waals surface area contributed by atoms with Crippen molar-refractivity contribution in [3.8, 4) is 11.5 Å². The average Bonchev–Trinajstić information content (AvgIpc) is 2.68. The monoisotopic (exact) mass is 380 g/mol. The second-order valence-electron chi connectivity index (χ2n) is 6.77. The number of carbonyl (C=O) groups excluding carboxylic acids is 1. The van der Waals surface area contributed by atoms with Gasteiger partial charge in [-0.2, -0.15) is 0 Å². The zero-order valence-electron chi connectivity index (χ0n) is 15.6. The molecule has 0 aliphatic heterocycles. The van der Waals surface area contributed by atoms with Gasteiger partial charge in [0.15, 0.2) is 5.82 Å². The number of amides is 1. The Morgan fingerprint density at radius 1 is 1.18 bits per heavy atom. The van der Waals surface area contributed by atoms with Crippen molar-refractivity contribution in [1.29, 1.82) is 0 Å². The molecule has 0 saturated heterocycles. The zero-order valence-corrected chi connectivity index (χ0v) is 15.6. The molecular formula is C21H21FN4O2. The van der Waals surface area contributed by atoms with Crippen LogP contribution in [0.5, 0.6) is 0 Å². The molecule has 28 heavy (non-hydrogen) atoms. The summed E-state index contributed by atoms with van der Waals surface area (Å²) >= 11 is 0. The van der Waals surface area contributed by atoms with E-state index >= 15 is 0 Å². The van der Waals surface area contributed by atoms with Crippen molar-refractivity contribution in [2.75, 3.05) is 0 Å². The summed E-state index contributed by atoms with van der Waals surface area (Å²) in [6.07, 6.45) is 1.90. The smallest absolute Gasteiger partial charge is 0.251 e. The Hall–Kier alpha value is -3.35. The summed E-state index contributed by atoms with van der Waals surface area (Å²) in [6.45, 7) is 3.59. The molecule has 6 nitrogen and oxygen atoms in total. The number of carbonyl (C=O) groups is 1. The van der Waals surface area contributed by atoms with Crippen LogP contribution in [0.3, 0.4) is 0 Å². The molecule has 1 aromatic carbocycles. The van der Waals surface area contributed by atoms with Gasteiger partial charge in [-0.1, -0.05) is 32.0 Å². The lowest BCUT2D eigenvalue weighted by Gasteiger charge is -2.20. The van der Waals surface area contributed by atoms with Gasteiger partial charge in [-0.3, -0.25) is 14.6 Å². The molecule has 1 atom stereocenters. The Labute approximate surface area is 161 Å². The van der Waals surface area contributed by atoms with E-state index in [9.17, 15) is 14.0 Å². The van der Waals surface area contributed by atoms with Gasteiger partial charge >= 0.3 is 0 Å². The molecule has 2 heterocycles. The van der Waals surface area contributed by atoms with Gasteiger partial charge in [0.1, 0.15) is 11.5 Å². The van der Waals surface area contributed by atoms with E-state index in [4.69, 9.17) is 0 Å². The van der Waals surface area contributed by atoms with E-state index in [0.717, 1.165) is 5.56 Å². The van der Waals surface area contributed by atoms with Gasteiger partial charge in [-0.05, 0) is 29.8 Å². The number of halogens is 1. The van der Waals surface area contributed by atoms with Gasteiger partial charge in [0.05, 0.1) is 11.7 Å². The molecular weight excluding hydrogens is 359 g/mol. The summed E-state index contributed by atoms with van der Waals surface area (Å²) in [6, 6.07) is 12.2. The summed E-state index contributed by atoms with van der Waals surface area (Å²) in [5, 5.41) is 2.95. The van der Waals surface area contributed by atoms with E-state index in [2.05, 4.69) is 20.3 Å². The van der Waals surface area contributed by atoms with Crippen molar-refractivity contribution in [1.82, 2.24) is 20.3 Å². The van der Waals surface area contributed by atoms with Gasteiger partial charge < -0.3 is 10.3 Å². The molecule has 1 amide bonds. The molecule has 2 aromatic heterocycles. The van der Waals surface area contributed by atoms with E-state index in [-0.39, 0.29) is 29.6 Å². The molecule has 3 rings (SSSR count). The number of aromatic nitrogens is 3. The van der Waals surface area contributed by atoms with Crippen LogP contribution in [-0.4, -0.2) is 20.9 Å². The van der Waals surface area contributed by atoms with Crippen molar-refractivity contribution < 1.29 is 9.18 Å². The lowest BCUT2D eigenvalue weighted by Crippen LogP contribution is -2.33. The summed E-state index contributed by atoms with van der Waals surface area (Å²) in [4.78, 5) is 35.8. The van der Waals surface area contributed by atoms with Crippen LogP contribution in [0, 0.1) is 11.7 Å². The molecule has 0 aliphatic rings. The van der Waals surface area contributed by atoms with Crippen molar-refractivity contribution in [3.63, 3.8) is 0 Å². The van der Waals surface area contributed by atoms with E-state index in [1.54, 1.807) is 50.4 Å². The molecule has 0 bridgehead atoms. The molecule has 7 heteroatoms. The average molecular weight is 380 g/mol. The van der Waals surface area contributed by atoms with Crippen LogP contribution < -0.4 is 10.9 Å². The van der Waals surface area contributed by atoms with Crippen LogP contribution in [0.4, 0.5) is 4.39 Å². The standard InChI is InChI=1S/C21H21FN4O2/c1-13(2)21(28)25-18(14-6-8-15(22)9-7-14)11-16-12-19(27)26-20(24-16)17-5-3-4-10-23-17/h3-10,12-13,18H,11H2,1-2H3,(H,25,28)(H,24,26,27). The predicted octanol–water partition coefficient (Wildman–Crippen LogP) is 3.03. The number of hydrogen-bond donors (Lipinski definition) is 2. The third-order valence-electron chi connectivity index (χ3n) is 4.23. The molecule has 0 fully saturated rings. The van der Waals surface area contributed by atoms with E-state index in [0.29, 0.717) is 17.2 Å². The molecule has 3 aromatic rings. The maximum atomic E-state index is 13.3. The van der Waals surface area contributed by atoms with Crippen LogP contribution in [0.1, 0.15) is 31.1 Å². The van der Waals surface area contributed by atoms with Crippen molar-refractivity contribution in [3.05, 3.63) is 82.2 Å². The van der Waals surface area contributed by atoms with Crippen LogP contribution in [0.25, 0.3) is 11.5 Å². The topological polar surface area (TPSA) is 87.7 Å². The summed E-state index contributed by atoms with van der Waals surface area (Å²) in [5.74, 6) is -0.344. The third kappa shape index (κ3) is 4.88. The predicted molar refractivity (Wildman–Crippen MR) is 104 cm³/mol. The first-order chi connectivity index (χ1) is 13.4. The van der Waals surface area contributed by atoms with Crippen LogP contribution in [0.2, 0.25) is 0 Å². The highest BCUT2D eigenvalue weighted by Gasteiger charge is 2.19.